The van der Waals surface area contributed by atoms with Crippen molar-refractivity contribution in [3.05, 3.63) is 24.0 Å². The van der Waals surface area contributed by atoms with Crippen molar-refractivity contribution in [3.63, 3.8) is 0 Å². The van der Waals surface area contributed by atoms with Gasteiger partial charge in [0.2, 0.25) is 5.88 Å². The number of nitrogens with one attached hydrogen (secondary N) is 1. The third-order valence-corrected chi connectivity index (χ3v) is 10.2. The van der Waals surface area contributed by atoms with E-state index in [1.807, 2.05) is 20.0 Å². The summed E-state index contributed by atoms with van der Waals surface area (Å²) in [5.41, 5.74) is 0.361. The molecular formula is C22H34N4OSi2. The highest BCUT2D eigenvalue weighted by atomic mass is 28.3. The van der Waals surface area contributed by atoms with Gasteiger partial charge in [-0.25, -0.2) is 9.97 Å². The Kier molecular flexibility index (Phi) is 6.96. The predicted molar refractivity (Wildman–Crippen MR) is 126 cm³/mol. The van der Waals surface area contributed by atoms with Crippen LogP contribution in [0.5, 0.6) is 5.88 Å². The van der Waals surface area contributed by atoms with Crippen molar-refractivity contribution in [3.8, 4) is 11.9 Å². The lowest BCUT2D eigenvalue weighted by Crippen LogP contribution is -2.47. The van der Waals surface area contributed by atoms with E-state index in [1.54, 1.807) is 6.07 Å². The molecule has 1 unspecified atom stereocenters. The topological polar surface area (TPSA) is 70.8 Å². The lowest BCUT2D eigenvalue weighted by Gasteiger charge is -2.35. The maximum Gasteiger partial charge on any atom is 0.223 e. The monoisotopic (exact) mass is 426 g/mol. The van der Waals surface area contributed by atoms with E-state index >= 15 is 0 Å². The summed E-state index contributed by atoms with van der Waals surface area (Å²) in [6, 6.07) is 7.44. The molecule has 0 bridgehead atoms. The molecule has 2 aromatic heterocycles. The Balaban J connectivity index is 1.92. The minimum Gasteiger partial charge on any atom is -0.474 e. The smallest absolute Gasteiger partial charge is 0.223 e. The zero-order valence-corrected chi connectivity index (χ0v) is 21.0. The molecule has 156 valence electrons. The first-order valence-corrected chi connectivity index (χ1v) is 16.3. The molecule has 3 rings (SSSR count). The Morgan fingerprint density at radius 3 is 2.86 bits per heavy atom. The largest absolute Gasteiger partial charge is 0.474 e. The summed E-state index contributed by atoms with van der Waals surface area (Å²) in [7, 11) is -0.782. The quantitative estimate of drug-likeness (QED) is 0.638. The van der Waals surface area contributed by atoms with Crippen LogP contribution in [0.15, 0.2) is 18.3 Å². The van der Waals surface area contributed by atoms with E-state index in [0.29, 0.717) is 11.6 Å². The highest BCUT2D eigenvalue weighted by molar-refractivity contribution is 6.60. The van der Waals surface area contributed by atoms with Gasteiger partial charge in [0.1, 0.15) is 17.6 Å². The van der Waals surface area contributed by atoms with Crippen LogP contribution in [-0.4, -0.2) is 39.6 Å². The van der Waals surface area contributed by atoms with Crippen molar-refractivity contribution in [2.45, 2.75) is 76.5 Å². The van der Waals surface area contributed by atoms with Crippen molar-refractivity contribution >= 4 is 34.9 Å². The summed E-state index contributed by atoms with van der Waals surface area (Å²) in [5, 5.41) is 15.2. The molecule has 0 spiro atoms. The normalized spacial score (nSPS) is 22.1. The van der Waals surface area contributed by atoms with Crippen LogP contribution in [-0.2, 0) is 0 Å². The van der Waals surface area contributed by atoms with Gasteiger partial charge in [-0.05, 0) is 51.2 Å². The van der Waals surface area contributed by atoms with Gasteiger partial charge >= 0.3 is 0 Å². The Morgan fingerprint density at radius 1 is 1.41 bits per heavy atom. The average molecular weight is 427 g/mol. The lowest BCUT2D eigenvalue weighted by atomic mass is 10.1. The number of nitrogens with zero attached hydrogens (tertiary/aromatic N) is 3. The second kappa shape index (κ2) is 9.27. The number of fused-ring (bicyclic) bond motifs is 1. The molecule has 1 fully saturated rings. The van der Waals surface area contributed by atoms with Crippen LogP contribution in [0.25, 0.3) is 10.8 Å². The Morgan fingerprint density at radius 2 is 2.21 bits per heavy atom. The molecule has 5 nitrogen and oxygen atoms in total. The number of pyridine rings is 2. The molecule has 0 radical (unpaired) electrons. The predicted octanol–water partition coefficient (Wildman–Crippen LogP) is 4.29. The standard InChI is InChI=1S/C22H34N4OSi2/c1-15(2)27-21-19-11-20(24-14-17(19)10-18(13-23)25-21)26-22(29(4)5)8-6-16(12-22)7-9-28-3/h10-11,14-16,29H,6-9,12,28H2,1-5H3,(H,24,26)/t16-,22?/m1/s1. The highest BCUT2D eigenvalue weighted by Gasteiger charge is 2.41. The molecule has 2 aromatic rings. The summed E-state index contributed by atoms with van der Waals surface area (Å²) in [5.74, 6) is 2.29. The van der Waals surface area contributed by atoms with Crippen molar-refractivity contribution < 1.29 is 4.74 Å². The highest BCUT2D eigenvalue weighted by Crippen LogP contribution is 2.41. The van der Waals surface area contributed by atoms with Crippen molar-refractivity contribution in [1.29, 1.82) is 5.26 Å². The first-order valence-electron chi connectivity index (χ1n) is 11.0. The first kappa shape index (κ1) is 21.8. The number of rotatable bonds is 8. The molecule has 2 heterocycles. The molecule has 1 aliphatic carbocycles. The molecule has 2 atom stereocenters. The van der Waals surface area contributed by atoms with E-state index in [9.17, 15) is 5.26 Å². The second-order valence-electron chi connectivity index (χ2n) is 9.07. The van der Waals surface area contributed by atoms with Gasteiger partial charge < -0.3 is 10.1 Å². The van der Waals surface area contributed by atoms with Crippen molar-refractivity contribution in [2.75, 3.05) is 5.32 Å². The van der Waals surface area contributed by atoms with Crippen molar-refractivity contribution in [2.24, 2.45) is 5.92 Å². The fourth-order valence-electron chi connectivity index (χ4n) is 4.51. The summed E-state index contributed by atoms with van der Waals surface area (Å²) in [4.78, 5) is 9.11. The van der Waals surface area contributed by atoms with Gasteiger partial charge in [0.15, 0.2) is 0 Å². The van der Waals surface area contributed by atoms with Crippen LogP contribution < -0.4 is 10.1 Å². The average Bonchev–Trinajstić information content (AvgIpc) is 3.10. The van der Waals surface area contributed by atoms with E-state index in [4.69, 9.17) is 9.72 Å². The maximum absolute atomic E-state index is 9.29. The number of hydrogen-bond donors (Lipinski definition) is 1. The van der Waals surface area contributed by atoms with Gasteiger partial charge in [-0.15, -0.1) is 0 Å². The van der Waals surface area contributed by atoms with Gasteiger partial charge in [-0.2, -0.15) is 5.26 Å². The Hall–Kier alpha value is -1.92. The third-order valence-electron chi connectivity index (χ3n) is 6.24. The van der Waals surface area contributed by atoms with Crippen LogP contribution in [0.1, 0.15) is 45.2 Å². The van der Waals surface area contributed by atoms with Gasteiger partial charge in [-0.1, -0.05) is 32.1 Å². The van der Waals surface area contributed by atoms with E-state index in [1.165, 1.54) is 31.7 Å². The van der Waals surface area contributed by atoms with Gasteiger partial charge in [0, 0.05) is 31.7 Å². The lowest BCUT2D eigenvalue weighted by molar-refractivity contribution is 0.236. The Bertz CT molecular complexity index is 896. The zero-order valence-electron chi connectivity index (χ0n) is 18.5. The number of nitriles is 1. The fraction of sp³-hybridized carbons (Fsp3) is 0.591. The molecule has 0 amide bonds. The molecule has 0 saturated heterocycles. The summed E-state index contributed by atoms with van der Waals surface area (Å²) in [6.45, 7) is 11.3. The minimum absolute atomic E-state index is 0.00339. The van der Waals surface area contributed by atoms with E-state index in [0.717, 1.165) is 22.5 Å². The fourth-order valence-corrected chi connectivity index (χ4v) is 7.48. The van der Waals surface area contributed by atoms with Crippen molar-refractivity contribution in [1.82, 2.24) is 9.97 Å². The summed E-state index contributed by atoms with van der Waals surface area (Å²) in [6.07, 6.45) is 7.13. The molecule has 0 aromatic carbocycles. The van der Waals surface area contributed by atoms with Gasteiger partial charge in [-0.3, -0.25) is 0 Å². The SMILES string of the molecule is C[SiH2]CC[C@H]1CCC(Nc2cc3c(OC(C)C)nc(C#N)cc3cn2)([SiH](C)C)C1. The van der Waals surface area contributed by atoms with Crippen LogP contribution in [0.4, 0.5) is 5.82 Å². The van der Waals surface area contributed by atoms with Crippen LogP contribution in [0, 0.1) is 17.2 Å². The molecule has 1 N–H and O–H groups in total. The third kappa shape index (κ3) is 4.99. The molecule has 0 aliphatic heterocycles. The Labute approximate surface area is 178 Å². The molecule has 1 saturated carbocycles. The number of ether oxygens (including phenoxy) is 1. The second-order valence-corrected chi connectivity index (χ2v) is 14.2. The number of aromatic nitrogens is 2. The van der Waals surface area contributed by atoms with Gasteiger partial charge in [0.05, 0.1) is 14.9 Å². The van der Waals surface area contributed by atoms with E-state index in [2.05, 4.69) is 42.1 Å². The summed E-state index contributed by atoms with van der Waals surface area (Å²) < 4.78 is 5.92. The number of anilines is 1. The summed E-state index contributed by atoms with van der Waals surface area (Å²) >= 11 is 0. The maximum atomic E-state index is 9.29. The first-order chi connectivity index (χ1) is 13.9. The van der Waals surface area contributed by atoms with Gasteiger partial charge in [0.25, 0.3) is 0 Å². The van der Waals surface area contributed by atoms with Crippen LogP contribution >= 0.6 is 0 Å². The molecule has 29 heavy (non-hydrogen) atoms. The van der Waals surface area contributed by atoms with Crippen LogP contribution in [0.2, 0.25) is 25.7 Å². The zero-order chi connectivity index (χ0) is 21.0. The molecule has 1 aliphatic rings. The minimum atomic E-state index is -0.942. The number of hydrogen-bond acceptors (Lipinski definition) is 5. The van der Waals surface area contributed by atoms with Crippen LogP contribution in [0.3, 0.4) is 0 Å². The molecular weight excluding hydrogens is 392 g/mol. The molecule has 7 heteroatoms. The van der Waals surface area contributed by atoms with E-state index < -0.39 is 8.80 Å². The van der Waals surface area contributed by atoms with E-state index in [-0.39, 0.29) is 20.8 Å².